The number of hydrogen-bond acceptors (Lipinski definition) is 4. The SMILES string of the molecule is c1ccc(C2=NC(c3ccccc3)NC(c3ccc4c(c3)sc3c(-c5ccc6c(c5)Cc5ccc(-n7c8ccccc8c8ccccc87)cc5-6)cccc34)=N2)cc1. The monoisotopic (exact) mass is 746 g/mol. The lowest BCUT2D eigenvalue weighted by atomic mass is 9.97. The summed E-state index contributed by atoms with van der Waals surface area (Å²) in [5.74, 6) is 1.57. The molecule has 57 heavy (non-hydrogen) atoms. The molecule has 268 valence electrons. The summed E-state index contributed by atoms with van der Waals surface area (Å²) < 4.78 is 4.96. The second-order valence-corrected chi connectivity index (χ2v) is 16.0. The molecule has 0 radical (unpaired) electrons. The van der Waals surface area contributed by atoms with Gasteiger partial charge in [0.25, 0.3) is 0 Å². The average molecular weight is 747 g/mol. The second kappa shape index (κ2) is 12.7. The first-order chi connectivity index (χ1) is 28.2. The van der Waals surface area contributed by atoms with Crippen LogP contribution in [0.25, 0.3) is 69.9 Å². The fourth-order valence-electron chi connectivity index (χ4n) is 8.98. The summed E-state index contributed by atoms with van der Waals surface area (Å²) in [7, 11) is 0. The molecule has 0 saturated heterocycles. The fraction of sp³-hybridized carbons (Fsp3) is 0.0385. The largest absolute Gasteiger partial charge is 0.344 e. The van der Waals surface area contributed by atoms with Crippen LogP contribution in [0.1, 0.15) is 34.0 Å². The number of amidine groups is 2. The number of para-hydroxylation sites is 2. The van der Waals surface area contributed by atoms with E-state index in [4.69, 9.17) is 9.98 Å². The normalized spacial score (nSPS) is 14.8. The molecule has 1 aliphatic carbocycles. The minimum absolute atomic E-state index is 0.232. The van der Waals surface area contributed by atoms with Crippen LogP contribution in [-0.4, -0.2) is 16.2 Å². The van der Waals surface area contributed by atoms with Gasteiger partial charge in [0.1, 0.15) is 12.0 Å². The number of nitrogens with one attached hydrogen (secondary N) is 1. The Labute approximate surface area is 333 Å². The number of thiophene rings is 1. The van der Waals surface area contributed by atoms with Crippen LogP contribution in [0.15, 0.2) is 192 Å². The van der Waals surface area contributed by atoms with Gasteiger partial charge in [0, 0.05) is 47.8 Å². The quantitative estimate of drug-likeness (QED) is 0.187. The van der Waals surface area contributed by atoms with E-state index in [2.05, 4.69) is 168 Å². The van der Waals surface area contributed by atoms with Gasteiger partial charge in [-0.25, -0.2) is 9.98 Å². The Morgan fingerprint density at radius 3 is 2.04 bits per heavy atom. The zero-order valence-electron chi connectivity index (χ0n) is 30.9. The van der Waals surface area contributed by atoms with Crippen molar-refractivity contribution in [2.24, 2.45) is 9.98 Å². The number of aliphatic imine (C=N–C) groups is 2. The molecule has 2 aliphatic rings. The molecule has 1 aliphatic heterocycles. The number of benzene rings is 8. The Bertz CT molecular complexity index is 3240. The molecule has 2 aromatic heterocycles. The van der Waals surface area contributed by atoms with E-state index in [1.807, 2.05) is 35.6 Å². The van der Waals surface area contributed by atoms with E-state index in [1.165, 1.54) is 81.0 Å². The molecule has 1 unspecified atom stereocenters. The van der Waals surface area contributed by atoms with Crippen LogP contribution in [0.4, 0.5) is 0 Å². The average Bonchev–Trinajstić information content (AvgIpc) is 3.95. The van der Waals surface area contributed by atoms with Gasteiger partial charge in [-0.3, -0.25) is 0 Å². The van der Waals surface area contributed by atoms with Crippen LogP contribution in [0.3, 0.4) is 0 Å². The van der Waals surface area contributed by atoms with Gasteiger partial charge in [0.05, 0.1) is 11.0 Å². The van der Waals surface area contributed by atoms with Crippen LogP contribution < -0.4 is 5.32 Å². The third-order valence-electron chi connectivity index (χ3n) is 11.7. The molecule has 8 aromatic carbocycles. The van der Waals surface area contributed by atoms with Crippen molar-refractivity contribution in [1.29, 1.82) is 0 Å². The Morgan fingerprint density at radius 2 is 1.23 bits per heavy atom. The van der Waals surface area contributed by atoms with Crippen molar-refractivity contribution < 1.29 is 0 Å². The highest BCUT2D eigenvalue weighted by atomic mass is 32.1. The number of hydrogen-bond donors (Lipinski definition) is 1. The summed E-state index contributed by atoms with van der Waals surface area (Å²) >= 11 is 1.86. The van der Waals surface area contributed by atoms with Crippen molar-refractivity contribution in [1.82, 2.24) is 9.88 Å². The second-order valence-electron chi connectivity index (χ2n) is 15.0. The number of aromatic nitrogens is 1. The molecule has 0 saturated carbocycles. The van der Waals surface area contributed by atoms with Crippen LogP contribution in [0.2, 0.25) is 0 Å². The van der Waals surface area contributed by atoms with E-state index < -0.39 is 0 Å². The van der Waals surface area contributed by atoms with E-state index in [0.717, 1.165) is 34.8 Å². The molecule has 1 atom stereocenters. The molecular formula is C52H34N4S. The Morgan fingerprint density at radius 1 is 0.509 bits per heavy atom. The first kappa shape index (κ1) is 32.2. The van der Waals surface area contributed by atoms with Gasteiger partial charge < -0.3 is 9.88 Å². The highest BCUT2D eigenvalue weighted by Gasteiger charge is 2.24. The van der Waals surface area contributed by atoms with Gasteiger partial charge in [-0.1, -0.05) is 152 Å². The lowest BCUT2D eigenvalue weighted by molar-refractivity contribution is 0.674. The van der Waals surface area contributed by atoms with E-state index in [0.29, 0.717) is 0 Å². The van der Waals surface area contributed by atoms with Crippen LogP contribution in [0.5, 0.6) is 0 Å². The summed E-state index contributed by atoms with van der Waals surface area (Å²) in [6, 6.07) is 65.7. The number of fused-ring (bicyclic) bond motifs is 9. The molecule has 0 bridgehead atoms. The minimum Gasteiger partial charge on any atom is -0.344 e. The summed E-state index contributed by atoms with van der Waals surface area (Å²) in [4.78, 5) is 10.1. The van der Waals surface area contributed by atoms with Gasteiger partial charge in [-0.2, -0.15) is 0 Å². The molecule has 4 nitrogen and oxygen atoms in total. The van der Waals surface area contributed by atoms with Crippen molar-refractivity contribution in [2.45, 2.75) is 12.6 Å². The van der Waals surface area contributed by atoms with Crippen LogP contribution in [0, 0.1) is 0 Å². The maximum Gasteiger partial charge on any atom is 0.159 e. The van der Waals surface area contributed by atoms with Crippen molar-refractivity contribution >= 4 is 65.0 Å². The predicted octanol–water partition coefficient (Wildman–Crippen LogP) is 12.9. The maximum absolute atomic E-state index is 5.08. The summed E-state index contributed by atoms with van der Waals surface area (Å²) in [5.41, 5.74) is 14.8. The highest BCUT2D eigenvalue weighted by molar-refractivity contribution is 7.26. The van der Waals surface area contributed by atoms with Crippen LogP contribution >= 0.6 is 11.3 Å². The first-order valence-electron chi connectivity index (χ1n) is 19.5. The maximum atomic E-state index is 5.08. The van der Waals surface area contributed by atoms with E-state index >= 15 is 0 Å². The molecule has 1 N–H and O–H groups in total. The molecule has 0 spiro atoms. The van der Waals surface area contributed by atoms with Crippen LogP contribution in [-0.2, 0) is 6.42 Å². The Kier molecular flexibility index (Phi) is 7.19. The Balaban J connectivity index is 0.912. The van der Waals surface area contributed by atoms with Gasteiger partial charge in [0.15, 0.2) is 5.84 Å². The summed E-state index contributed by atoms with van der Waals surface area (Å²) in [6.07, 6.45) is 0.704. The van der Waals surface area contributed by atoms with Gasteiger partial charge >= 0.3 is 0 Å². The third-order valence-corrected chi connectivity index (χ3v) is 12.9. The Hall–Kier alpha value is -7.08. The zero-order chi connectivity index (χ0) is 37.5. The smallest absolute Gasteiger partial charge is 0.159 e. The van der Waals surface area contributed by atoms with Gasteiger partial charge in [-0.05, 0) is 75.7 Å². The number of nitrogens with zero attached hydrogens (tertiary/aromatic N) is 3. The topological polar surface area (TPSA) is 41.7 Å². The van der Waals surface area contributed by atoms with Crippen molar-refractivity contribution in [3.05, 3.63) is 210 Å². The fourth-order valence-corrected chi connectivity index (χ4v) is 10.3. The molecule has 12 rings (SSSR count). The third kappa shape index (κ3) is 5.20. The lowest BCUT2D eigenvalue weighted by Gasteiger charge is -2.23. The number of rotatable bonds is 5. The lowest BCUT2D eigenvalue weighted by Crippen LogP contribution is -2.33. The molecular weight excluding hydrogens is 713 g/mol. The zero-order valence-corrected chi connectivity index (χ0v) is 31.7. The first-order valence-corrected chi connectivity index (χ1v) is 20.3. The predicted molar refractivity (Wildman–Crippen MR) is 239 cm³/mol. The standard InChI is InChI=1S/C52H34N4S/c1-3-12-32(13-4-1)50-53-51(33-14-5-2-6-15-33)55-52(54-50)36-24-27-43-44-19-11-18-40(49(44)57-48(43)30-36)34-23-26-39-37(28-34)29-35-22-25-38(31-45(35)39)56-46-20-9-7-16-41(46)42-17-8-10-21-47(42)56/h1-28,30-31,50H,29H2,(H,53,54,55). The summed E-state index contributed by atoms with van der Waals surface area (Å²) in [5, 5.41) is 8.76. The van der Waals surface area contributed by atoms with Crippen molar-refractivity contribution in [2.75, 3.05) is 0 Å². The van der Waals surface area contributed by atoms with E-state index in [-0.39, 0.29) is 6.17 Å². The molecule has 0 fully saturated rings. The van der Waals surface area contributed by atoms with Crippen molar-refractivity contribution in [3.63, 3.8) is 0 Å². The van der Waals surface area contributed by atoms with Gasteiger partial charge in [-0.15, -0.1) is 11.3 Å². The summed E-state index contributed by atoms with van der Waals surface area (Å²) in [6.45, 7) is 0. The van der Waals surface area contributed by atoms with E-state index in [1.54, 1.807) is 0 Å². The molecule has 3 heterocycles. The molecule has 10 aromatic rings. The minimum atomic E-state index is -0.232. The van der Waals surface area contributed by atoms with Crippen molar-refractivity contribution in [3.8, 4) is 27.9 Å². The molecule has 0 amide bonds. The highest BCUT2D eigenvalue weighted by Crippen LogP contribution is 2.44. The van der Waals surface area contributed by atoms with E-state index in [9.17, 15) is 0 Å². The van der Waals surface area contributed by atoms with Gasteiger partial charge in [0.2, 0.25) is 0 Å². The molecule has 5 heteroatoms.